The van der Waals surface area contributed by atoms with Crippen LogP contribution in [0, 0.1) is 5.92 Å². The zero-order valence-corrected chi connectivity index (χ0v) is 12.5. The second kappa shape index (κ2) is 8.48. The number of carbonyl (C=O) groups excluding carboxylic acids is 1. The molecule has 0 aromatic rings. The lowest BCUT2D eigenvalue weighted by Gasteiger charge is -2.15. The van der Waals surface area contributed by atoms with Crippen LogP contribution in [0.2, 0.25) is 0 Å². The molecule has 6 nitrogen and oxygen atoms in total. The van der Waals surface area contributed by atoms with E-state index < -0.39 is 0 Å². The summed E-state index contributed by atoms with van der Waals surface area (Å²) in [6, 6.07) is 0. The minimum absolute atomic E-state index is 0.0267. The standard InChI is InChI=1S/C15H24O6/c1-11(6-15(17)19-5-4-18-3-2-16)12(7-13-9-20-13)8-14-10-21-14/h6,12-14,16H,2-5,7-10H2,1H3. The third kappa shape index (κ3) is 7.04. The molecule has 2 aliphatic rings. The fourth-order valence-corrected chi connectivity index (χ4v) is 2.22. The minimum atomic E-state index is -0.349. The summed E-state index contributed by atoms with van der Waals surface area (Å²) in [7, 11) is 0. The van der Waals surface area contributed by atoms with E-state index in [9.17, 15) is 4.79 Å². The molecule has 0 bridgehead atoms. The van der Waals surface area contributed by atoms with Gasteiger partial charge < -0.3 is 24.1 Å². The second-order valence-electron chi connectivity index (χ2n) is 5.47. The molecule has 2 rings (SSSR count). The molecule has 2 fully saturated rings. The molecule has 2 aliphatic heterocycles. The van der Waals surface area contributed by atoms with Gasteiger partial charge in [0.05, 0.1) is 45.2 Å². The van der Waals surface area contributed by atoms with E-state index in [4.69, 9.17) is 24.1 Å². The van der Waals surface area contributed by atoms with Gasteiger partial charge in [-0.25, -0.2) is 4.79 Å². The van der Waals surface area contributed by atoms with Crippen molar-refractivity contribution in [1.29, 1.82) is 0 Å². The van der Waals surface area contributed by atoms with Gasteiger partial charge >= 0.3 is 5.97 Å². The van der Waals surface area contributed by atoms with Crippen LogP contribution in [0.5, 0.6) is 0 Å². The van der Waals surface area contributed by atoms with Gasteiger partial charge in [-0.15, -0.1) is 0 Å². The number of aliphatic hydroxyl groups is 1. The van der Waals surface area contributed by atoms with E-state index >= 15 is 0 Å². The second-order valence-corrected chi connectivity index (χ2v) is 5.47. The lowest BCUT2D eigenvalue weighted by molar-refractivity contribution is -0.139. The number of aliphatic hydroxyl groups excluding tert-OH is 1. The third-order valence-corrected chi connectivity index (χ3v) is 3.60. The average Bonchev–Trinajstić information content (AvgIpc) is 3.33. The van der Waals surface area contributed by atoms with Crippen LogP contribution in [0.4, 0.5) is 0 Å². The molecule has 2 heterocycles. The number of esters is 1. The number of allylic oxidation sites excluding steroid dienone is 1. The molecule has 21 heavy (non-hydrogen) atoms. The number of carbonyl (C=O) groups is 1. The predicted octanol–water partition coefficient (Wildman–Crippen LogP) is 0.679. The number of rotatable bonds is 11. The van der Waals surface area contributed by atoms with E-state index in [1.165, 1.54) is 0 Å². The molecule has 0 aromatic carbocycles. The van der Waals surface area contributed by atoms with Crippen LogP contribution in [0.3, 0.4) is 0 Å². The van der Waals surface area contributed by atoms with Crippen molar-refractivity contribution in [2.24, 2.45) is 5.92 Å². The molecule has 0 amide bonds. The summed E-state index contributed by atoms with van der Waals surface area (Å²) in [4.78, 5) is 11.7. The summed E-state index contributed by atoms with van der Waals surface area (Å²) >= 11 is 0. The van der Waals surface area contributed by atoms with Crippen molar-refractivity contribution in [3.05, 3.63) is 11.6 Å². The van der Waals surface area contributed by atoms with Crippen molar-refractivity contribution >= 4 is 5.97 Å². The van der Waals surface area contributed by atoms with Crippen LogP contribution in [0.15, 0.2) is 11.6 Å². The first kappa shape index (κ1) is 16.4. The molecule has 2 atom stereocenters. The van der Waals surface area contributed by atoms with Crippen LogP contribution < -0.4 is 0 Å². The largest absolute Gasteiger partial charge is 0.460 e. The molecular formula is C15H24O6. The van der Waals surface area contributed by atoms with Crippen LogP contribution in [0.1, 0.15) is 19.8 Å². The van der Waals surface area contributed by atoms with Crippen molar-refractivity contribution in [3.63, 3.8) is 0 Å². The van der Waals surface area contributed by atoms with Crippen molar-refractivity contribution < 1.29 is 28.8 Å². The summed E-state index contributed by atoms with van der Waals surface area (Å²) in [6.45, 7) is 4.33. The third-order valence-electron chi connectivity index (χ3n) is 3.60. The van der Waals surface area contributed by atoms with Gasteiger partial charge in [-0.3, -0.25) is 0 Å². The highest BCUT2D eigenvalue weighted by Crippen LogP contribution is 2.31. The molecular weight excluding hydrogens is 276 g/mol. The van der Waals surface area contributed by atoms with E-state index in [2.05, 4.69) is 0 Å². The zero-order valence-electron chi connectivity index (χ0n) is 12.5. The summed E-state index contributed by atoms with van der Waals surface area (Å²) in [5, 5.41) is 8.55. The highest BCUT2D eigenvalue weighted by Gasteiger charge is 2.32. The van der Waals surface area contributed by atoms with Crippen LogP contribution in [0.25, 0.3) is 0 Å². The highest BCUT2D eigenvalue weighted by atomic mass is 16.6. The van der Waals surface area contributed by atoms with Gasteiger partial charge in [-0.1, -0.05) is 5.57 Å². The minimum Gasteiger partial charge on any atom is -0.460 e. The summed E-state index contributed by atoms with van der Waals surface area (Å²) in [5.74, 6) is -0.0401. The number of epoxide rings is 2. The lowest BCUT2D eigenvalue weighted by atomic mass is 9.90. The van der Waals surface area contributed by atoms with E-state index in [0.717, 1.165) is 31.6 Å². The Kier molecular flexibility index (Phi) is 6.63. The van der Waals surface area contributed by atoms with Crippen LogP contribution >= 0.6 is 0 Å². The normalized spacial score (nSPS) is 25.5. The van der Waals surface area contributed by atoms with Gasteiger partial charge in [0.1, 0.15) is 6.61 Å². The van der Waals surface area contributed by atoms with Crippen molar-refractivity contribution in [3.8, 4) is 0 Å². The van der Waals surface area contributed by atoms with Gasteiger partial charge in [0.15, 0.2) is 0 Å². The topological polar surface area (TPSA) is 80.8 Å². The smallest absolute Gasteiger partial charge is 0.330 e. The molecule has 0 saturated carbocycles. The maximum Gasteiger partial charge on any atom is 0.330 e. The van der Waals surface area contributed by atoms with Gasteiger partial charge in [-0.05, 0) is 25.7 Å². The monoisotopic (exact) mass is 300 g/mol. The zero-order chi connectivity index (χ0) is 15.1. The molecule has 1 N–H and O–H groups in total. The Balaban J connectivity index is 1.71. The van der Waals surface area contributed by atoms with Gasteiger partial charge in [0.25, 0.3) is 0 Å². The maximum absolute atomic E-state index is 11.7. The Morgan fingerprint density at radius 2 is 1.86 bits per heavy atom. The molecule has 6 heteroatoms. The fourth-order valence-electron chi connectivity index (χ4n) is 2.22. The Morgan fingerprint density at radius 3 is 2.38 bits per heavy atom. The van der Waals surface area contributed by atoms with Crippen LogP contribution in [-0.4, -0.2) is 62.9 Å². The Labute approximate surface area is 125 Å². The molecule has 120 valence electrons. The molecule has 0 radical (unpaired) electrons. The van der Waals surface area contributed by atoms with Crippen molar-refractivity contribution in [2.45, 2.75) is 32.0 Å². The first-order valence-corrected chi connectivity index (χ1v) is 7.45. The summed E-state index contributed by atoms with van der Waals surface area (Å²) in [5.41, 5.74) is 1.02. The Hall–Kier alpha value is -0.950. The first-order chi connectivity index (χ1) is 10.2. The van der Waals surface area contributed by atoms with Gasteiger partial charge in [-0.2, -0.15) is 0 Å². The summed E-state index contributed by atoms with van der Waals surface area (Å²) in [6.07, 6.45) is 4.10. The molecule has 0 aromatic heterocycles. The van der Waals surface area contributed by atoms with Gasteiger partial charge in [0, 0.05) is 6.08 Å². The first-order valence-electron chi connectivity index (χ1n) is 7.45. The fraction of sp³-hybridized carbons (Fsp3) is 0.800. The summed E-state index contributed by atoms with van der Waals surface area (Å²) < 4.78 is 20.6. The molecule has 2 unspecified atom stereocenters. The van der Waals surface area contributed by atoms with E-state index in [-0.39, 0.29) is 25.8 Å². The molecule has 2 saturated heterocycles. The molecule has 0 aliphatic carbocycles. The highest BCUT2D eigenvalue weighted by molar-refractivity contribution is 5.82. The van der Waals surface area contributed by atoms with E-state index in [0.29, 0.717) is 24.7 Å². The number of hydrogen-bond acceptors (Lipinski definition) is 6. The van der Waals surface area contributed by atoms with E-state index in [1.807, 2.05) is 6.92 Å². The average molecular weight is 300 g/mol. The molecule has 0 spiro atoms. The van der Waals surface area contributed by atoms with Gasteiger partial charge in [0.2, 0.25) is 0 Å². The predicted molar refractivity (Wildman–Crippen MR) is 74.8 cm³/mol. The lowest BCUT2D eigenvalue weighted by Crippen LogP contribution is -2.13. The Morgan fingerprint density at radius 1 is 1.24 bits per heavy atom. The van der Waals surface area contributed by atoms with Crippen molar-refractivity contribution in [2.75, 3.05) is 39.6 Å². The Bertz CT molecular complexity index is 345. The number of hydrogen-bond donors (Lipinski definition) is 1. The SMILES string of the molecule is CC(=CC(=O)OCCOCCO)C(CC1CO1)CC1CO1. The number of ether oxygens (including phenoxy) is 4. The van der Waals surface area contributed by atoms with E-state index in [1.54, 1.807) is 6.08 Å². The maximum atomic E-state index is 11.7. The van der Waals surface area contributed by atoms with Crippen LogP contribution in [-0.2, 0) is 23.7 Å². The quantitative estimate of drug-likeness (QED) is 0.261. The van der Waals surface area contributed by atoms with Crippen molar-refractivity contribution in [1.82, 2.24) is 0 Å².